The minimum atomic E-state index is 0.400. The van der Waals surface area contributed by atoms with Gasteiger partial charge in [0.05, 0.1) is 11.0 Å². The molecular weight excluding hydrogens is 446 g/mol. The average Bonchev–Trinajstić information content (AvgIpc) is 3.30. The monoisotopic (exact) mass is 475 g/mol. The first-order valence-electron chi connectivity index (χ1n) is 12.7. The van der Waals surface area contributed by atoms with Crippen LogP contribution in [0.4, 0.5) is 0 Å². The fraction of sp³-hybridized carbons (Fsp3) is 0.0556. The van der Waals surface area contributed by atoms with Gasteiger partial charge in [0.25, 0.3) is 0 Å². The molecule has 6 rings (SSSR count). The lowest BCUT2D eigenvalue weighted by atomic mass is 9.91. The summed E-state index contributed by atoms with van der Waals surface area (Å²) in [4.78, 5) is 0. The predicted molar refractivity (Wildman–Crippen MR) is 161 cm³/mol. The second-order valence-corrected chi connectivity index (χ2v) is 9.60. The zero-order valence-electron chi connectivity index (χ0n) is 20.9. The minimum Gasteiger partial charge on any atom is -0.309 e. The Labute approximate surface area is 218 Å². The molecule has 0 amide bonds. The van der Waals surface area contributed by atoms with E-state index < -0.39 is 0 Å². The fourth-order valence-corrected chi connectivity index (χ4v) is 5.30. The van der Waals surface area contributed by atoms with Crippen molar-refractivity contribution in [1.29, 1.82) is 0 Å². The highest BCUT2D eigenvalue weighted by Gasteiger charge is 2.16. The minimum absolute atomic E-state index is 0.400. The molecule has 1 aromatic heterocycles. The third-order valence-electron chi connectivity index (χ3n) is 7.34. The Bertz CT molecular complexity index is 1740. The highest BCUT2D eigenvalue weighted by Crippen LogP contribution is 2.37. The van der Waals surface area contributed by atoms with E-state index in [1.54, 1.807) is 0 Å². The normalized spacial score (nSPS) is 15.0. The van der Waals surface area contributed by atoms with E-state index in [0.29, 0.717) is 5.92 Å². The molecule has 1 aliphatic carbocycles. The van der Waals surface area contributed by atoms with Crippen molar-refractivity contribution in [3.05, 3.63) is 152 Å². The molecule has 0 fully saturated rings. The van der Waals surface area contributed by atoms with Crippen molar-refractivity contribution >= 4 is 33.0 Å². The van der Waals surface area contributed by atoms with Crippen LogP contribution < -0.4 is 0 Å². The predicted octanol–water partition coefficient (Wildman–Crippen LogP) is 9.80. The van der Waals surface area contributed by atoms with Gasteiger partial charge in [0.2, 0.25) is 0 Å². The molecule has 1 heterocycles. The van der Waals surface area contributed by atoms with Gasteiger partial charge in [-0.1, -0.05) is 98.1 Å². The number of nitrogens with zero attached hydrogens (tertiary/aromatic N) is 1. The molecule has 0 N–H and O–H groups in total. The summed E-state index contributed by atoms with van der Waals surface area (Å²) in [7, 11) is 0. The number of hydrogen-bond donors (Lipinski definition) is 0. The van der Waals surface area contributed by atoms with Crippen molar-refractivity contribution in [1.82, 2.24) is 4.57 Å². The third kappa shape index (κ3) is 4.09. The molecule has 0 saturated heterocycles. The van der Waals surface area contributed by atoms with Crippen molar-refractivity contribution in [2.24, 2.45) is 5.92 Å². The molecule has 1 nitrogen and oxygen atoms in total. The van der Waals surface area contributed by atoms with E-state index in [1.807, 2.05) is 12.2 Å². The van der Waals surface area contributed by atoms with Crippen LogP contribution in [0.25, 0.3) is 49.8 Å². The van der Waals surface area contributed by atoms with Gasteiger partial charge in [0.15, 0.2) is 0 Å². The summed E-state index contributed by atoms with van der Waals surface area (Å²) in [5, 5.41) is 2.45. The number of fused-ring (bicyclic) bond motifs is 3. The van der Waals surface area contributed by atoms with Crippen molar-refractivity contribution in [3.63, 3.8) is 0 Å². The van der Waals surface area contributed by atoms with Crippen LogP contribution in [0, 0.1) is 5.92 Å². The molecule has 1 atom stereocenters. The van der Waals surface area contributed by atoms with Crippen LogP contribution in [0.1, 0.15) is 17.5 Å². The summed E-state index contributed by atoms with van der Waals surface area (Å²) in [5.74, 6) is 0.400. The number of benzene rings is 4. The van der Waals surface area contributed by atoms with Gasteiger partial charge in [-0.25, -0.2) is 0 Å². The topological polar surface area (TPSA) is 4.93 Å². The first kappa shape index (κ1) is 22.8. The lowest BCUT2D eigenvalue weighted by Gasteiger charge is -2.17. The number of aromatic nitrogens is 1. The van der Waals surface area contributed by atoms with E-state index in [4.69, 9.17) is 0 Å². The standard InChI is InChI=1S/C36H29N/c1-4-25(3)29-19-20-36-34(24-29)33-13-9-10-14-35(33)37(36)32-22-30(27-11-7-6-8-12-27)21-31(23-32)28-17-15-26(5-2)16-18-28/h4-15,17-24,26H,1-3,16H2. The van der Waals surface area contributed by atoms with Crippen molar-refractivity contribution in [3.8, 4) is 16.8 Å². The van der Waals surface area contributed by atoms with Gasteiger partial charge in [-0.2, -0.15) is 0 Å². The van der Waals surface area contributed by atoms with E-state index in [2.05, 4.69) is 134 Å². The van der Waals surface area contributed by atoms with E-state index >= 15 is 0 Å². The molecule has 5 aromatic rings. The van der Waals surface area contributed by atoms with Gasteiger partial charge in [-0.3, -0.25) is 0 Å². The van der Waals surface area contributed by atoms with E-state index in [9.17, 15) is 0 Å². The maximum absolute atomic E-state index is 4.17. The molecule has 0 spiro atoms. The Morgan fingerprint density at radius 2 is 1.51 bits per heavy atom. The molecule has 1 heteroatoms. The Balaban J connectivity index is 1.62. The molecule has 37 heavy (non-hydrogen) atoms. The van der Waals surface area contributed by atoms with Crippen LogP contribution >= 0.6 is 0 Å². The maximum atomic E-state index is 4.17. The Kier molecular flexibility index (Phi) is 5.82. The van der Waals surface area contributed by atoms with Gasteiger partial charge in [0.1, 0.15) is 0 Å². The summed E-state index contributed by atoms with van der Waals surface area (Å²) in [6.45, 7) is 12.1. The SMILES string of the molecule is C=CC(=C)c1ccc2c(c1)c1ccccc1n2-c1cc(C2=CCC(C=C)C=C2)cc(-c2ccccc2)c1. The largest absolute Gasteiger partial charge is 0.309 e. The number of allylic oxidation sites excluding steroid dienone is 7. The van der Waals surface area contributed by atoms with Crippen molar-refractivity contribution < 1.29 is 0 Å². The molecule has 1 unspecified atom stereocenters. The number of hydrogen-bond acceptors (Lipinski definition) is 0. The first-order valence-corrected chi connectivity index (χ1v) is 12.7. The summed E-state index contributed by atoms with van der Waals surface area (Å²) in [5.41, 5.74) is 10.4. The summed E-state index contributed by atoms with van der Waals surface area (Å²) in [6.07, 6.45) is 11.6. The summed E-state index contributed by atoms with van der Waals surface area (Å²) < 4.78 is 2.39. The van der Waals surface area contributed by atoms with Crippen LogP contribution in [0.15, 0.2) is 141 Å². The van der Waals surface area contributed by atoms with Gasteiger partial charge in [0, 0.05) is 16.5 Å². The zero-order valence-corrected chi connectivity index (χ0v) is 20.9. The Morgan fingerprint density at radius 1 is 0.757 bits per heavy atom. The van der Waals surface area contributed by atoms with Crippen LogP contribution in [0.5, 0.6) is 0 Å². The third-order valence-corrected chi connectivity index (χ3v) is 7.34. The molecule has 1 aliphatic rings. The van der Waals surface area contributed by atoms with Gasteiger partial charge in [-0.15, -0.1) is 6.58 Å². The lowest BCUT2D eigenvalue weighted by Crippen LogP contribution is -1.99. The Hall–Kier alpha value is -4.62. The molecule has 0 radical (unpaired) electrons. The lowest BCUT2D eigenvalue weighted by molar-refractivity contribution is 0.827. The van der Waals surface area contributed by atoms with Gasteiger partial charge >= 0.3 is 0 Å². The molecule has 0 saturated carbocycles. The highest BCUT2D eigenvalue weighted by molar-refractivity contribution is 6.10. The quantitative estimate of drug-likeness (QED) is 0.170. The van der Waals surface area contributed by atoms with Gasteiger partial charge < -0.3 is 4.57 Å². The van der Waals surface area contributed by atoms with Crippen molar-refractivity contribution in [2.75, 3.05) is 0 Å². The van der Waals surface area contributed by atoms with Crippen LogP contribution in [-0.2, 0) is 0 Å². The summed E-state index contributed by atoms with van der Waals surface area (Å²) >= 11 is 0. The molecule has 4 aromatic carbocycles. The van der Waals surface area contributed by atoms with Crippen molar-refractivity contribution in [2.45, 2.75) is 6.42 Å². The fourth-order valence-electron chi connectivity index (χ4n) is 5.30. The molecule has 178 valence electrons. The summed E-state index contributed by atoms with van der Waals surface area (Å²) in [6, 6.07) is 32.8. The smallest absolute Gasteiger partial charge is 0.0541 e. The zero-order chi connectivity index (χ0) is 25.4. The molecular formula is C36H29N. The van der Waals surface area contributed by atoms with Crippen LogP contribution in [0.2, 0.25) is 0 Å². The average molecular weight is 476 g/mol. The maximum Gasteiger partial charge on any atom is 0.0541 e. The van der Waals surface area contributed by atoms with E-state index in [-0.39, 0.29) is 0 Å². The molecule has 0 bridgehead atoms. The van der Waals surface area contributed by atoms with Crippen LogP contribution in [-0.4, -0.2) is 4.57 Å². The number of para-hydroxylation sites is 1. The van der Waals surface area contributed by atoms with E-state index in [1.165, 1.54) is 44.1 Å². The second-order valence-electron chi connectivity index (χ2n) is 9.60. The van der Waals surface area contributed by atoms with Gasteiger partial charge in [-0.05, 0) is 82.1 Å². The van der Waals surface area contributed by atoms with E-state index in [0.717, 1.165) is 23.2 Å². The number of rotatable bonds is 6. The second kappa shape index (κ2) is 9.44. The molecule has 0 aliphatic heterocycles. The Morgan fingerprint density at radius 3 is 2.27 bits per heavy atom. The highest BCUT2D eigenvalue weighted by atomic mass is 15.0. The van der Waals surface area contributed by atoms with Crippen LogP contribution in [0.3, 0.4) is 0 Å². The first-order chi connectivity index (χ1) is 18.2.